The maximum atomic E-state index is 13.4. The van der Waals surface area contributed by atoms with Crippen LogP contribution < -0.4 is 8.85 Å². The molecule has 0 aliphatic heterocycles. The summed E-state index contributed by atoms with van der Waals surface area (Å²) < 4.78 is 12.8. The van der Waals surface area contributed by atoms with E-state index in [1.165, 1.54) is 0 Å². The Hall–Kier alpha value is -2.19. The Labute approximate surface area is 207 Å². The van der Waals surface area contributed by atoms with Gasteiger partial charge in [0.05, 0.1) is 0 Å². The second-order valence-electron chi connectivity index (χ2n) is 13.3. The van der Waals surface area contributed by atoms with Crippen LogP contribution in [-0.4, -0.2) is 28.2 Å². The van der Waals surface area contributed by atoms with Gasteiger partial charge in [0.2, 0.25) is 16.6 Å². The zero-order valence-corrected chi connectivity index (χ0v) is 24.5. The van der Waals surface area contributed by atoms with E-state index < -0.39 is 16.6 Å². The van der Waals surface area contributed by atoms with Crippen LogP contribution >= 0.6 is 0 Å². The van der Waals surface area contributed by atoms with Crippen molar-refractivity contribution >= 4 is 28.2 Å². The van der Waals surface area contributed by atoms with Gasteiger partial charge in [-0.3, -0.25) is 9.59 Å². The van der Waals surface area contributed by atoms with E-state index in [0.29, 0.717) is 33.8 Å². The lowest BCUT2D eigenvalue weighted by Crippen LogP contribution is -2.38. The Balaban J connectivity index is 1.89. The molecule has 0 fully saturated rings. The van der Waals surface area contributed by atoms with Gasteiger partial charge >= 0.3 is 0 Å². The molecule has 1 aliphatic carbocycles. The van der Waals surface area contributed by atoms with Crippen LogP contribution in [0.1, 0.15) is 73.4 Å². The van der Waals surface area contributed by atoms with Crippen LogP contribution in [0.5, 0.6) is 11.5 Å². The van der Waals surface area contributed by atoms with Gasteiger partial charge < -0.3 is 8.85 Å². The molecular formula is C28H40O4Si2. The normalized spacial score (nSPS) is 14.5. The average molecular weight is 497 g/mol. The summed E-state index contributed by atoms with van der Waals surface area (Å²) in [7, 11) is -3.98. The minimum Gasteiger partial charge on any atom is -0.544 e. The summed E-state index contributed by atoms with van der Waals surface area (Å²) in [6.45, 7) is 22.0. The SMILES string of the molecule is CC(C)(C)C[Si](C)(C)Oc1ccc2c(c1)C(=O)c1ccc(O[Si](C)(C)CC(C)(C)C)cc1C2=O. The van der Waals surface area contributed by atoms with Crippen molar-refractivity contribution in [2.45, 2.75) is 79.8 Å². The highest BCUT2D eigenvalue weighted by molar-refractivity contribution is 6.72. The molecule has 2 aromatic carbocycles. The van der Waals surface area contributed by atoms with E-state index in [0.717, 1.165) is 12.1 Å². The van der Waals surface area contributed by atoms with Crippen LogP contribution in [0.2, 0.25) is 38.3 Å². The van der Waals surface area contributed by atoms with Crippen LogP contribution in [0.3, 0.4) is 0 Å². The topological polar surface area (TPSA) is 52.6 Å². The van der Waals surface area contributed by atoms with Gasteiger partial charge in [-0.2, -0.15) is 0 Å². The van der Waals surface area contributed by atoms with Crippen molar-refractivity contribution in [2.75, 3.05) is 0 Å². The molecule has 0 saturated carbocycles. The molecule has 0 spiro atoms. The van der Waals surface area contributed by atoms with Gasteiger partial charge in [-0.25, -0.2) is 0 Å². The molecule has 3 rings (SSSR count). The fraction of sp³-hybridized carbons (Fsp3) is 0.500. The lowest BCUT2D eigenvalue weighted by molar-refractivity contribution is 0.0979. The summed E-state index contributed by atoms with van der Waals surface area (Å²) in [4.78, 5) is 26.7. The second-order valence-corrected chi connectivity index (χ2v) is 21.4. The number of rotatable bonds is 6. The van der Waals surface area contributed by atoms with E-state index in [2.05, 4.69) is 67.7 Å². The van der Waals surface area contributed by atoms with Gasteiger partial charge in [0.15, 0.2) is 11.6 Å². The Morgan fingerprint density at radius 3 is 1.21 bits per heavy atom. The van der Waals surface area contributed by atoms with E-state index in [9.17, 15) is 9.59 Å². The fourth-order valence-corrected chi connectivity index (χ4v) is 12.3. The van der Waals surface area contributed by atoms with Gasteiger partial charge in [0.1, 0.15) is 11.5 Å². The summed E-state index contributed by atoms with van der Waals surface area (Å²) in [6.07, 6.45) is 0. The van der Waals surface area contributed by atoms with E-state index in [4.69, 9.17) is 8.85 Å². The summed E-state index contributed by atoms with van der Waals surface area (Å²) in [5.74, 6) is 1.06. The lowest BCUT2D eigenvalue weighted by Gasteiger charge is -2.32. The smallest absolute Gasteiger partial charge is 0.245 e. The first-order valence-corrected chi connectivity index (χ1v) is 18.3. The van der Waals surface area contributed by atoms with Crippen LogP contribution in [0.4, 0.5) is 0 Å². The lowest BCUT2D eigenvalue weighted by atomic mass is 9.84. The molecule has 0 amide bonds. The monoisotopic (exact) mass is 496 g/mol. The van der Waals surface area contributed by atoms with Crippen molar-refractivity contribution in [1.82, 2.24) is 0 Å². The highest BCUT2D eigenvalue weighted by atomic mass is 28.4. The molecule has 0 N–H and O–H groups in total. The van der Waals surface area contributed by atoms with Crippen molar-refractivity contribution in [2.24, 2.45) is 10.8 Å². The molecule has 0 aromatic heterocycles. The molecule has 0 bridgehead atoms. The van der Waals surface area contributed by atoms with Crippen molar-refractivity contribution < 1.29 is 18.4 Å². The van der Waals surface area contributed by atoms with E-state index in [-0.39, 0.29) is 22.4 Å². The second kappa shape index (κ2) is 8.79. The first-order valence-electron chi connectivity index (χ1n) is 12.1. The Kier molecular flexibility index (Phi) is 6.83. The minimum absolute atomic E-state index is 0.136. The molecule has 0 saturated heterocycles. The Morgan fingerprint density at radius 2 is 0.912 bits per heavy atom. The molecular weight excluding hydrogens is 456 g/mol. The number of benzene rings is 2. The Bertz CT molecular complexity index is 1030. The first-order chi connectivity index (χ1) is 15.4. The Morgan fingerprint density at radius 1 is 0.588 bits per heavy atom. The molecule has 34 heavy (non-hydrogen) atoms. The molecule has 0 radical (unpaired) electrons. The summed E-state index contributed by atoms with van der Waals surface area (Å²) in [5, 5.41) is 0. The quantitative estimate of drug-likeness (QED) is 0.328. The number of hydrogen-bond acceptors (Lipinski definition) is 4. The first kappa shape index (κ1) is 26.4. The standard InChI is InChI=1S/C28H40O4Si2/c1-27(2,3)17-33(7,8)31-19-11-13-21-23(15-19)25(29)22-14-12-20(16-24(22)26(21)30)32-34(9,10)18-28(4,5)6/h11-16H,17-18H2,1-10H3. The van der Waals surface area contributed by atoms with Crippen LogP contribution in [0, 0.1) is 10.8 Å². The zero-order valence-electron chi connectivity index (χ0n) is 22.5. The van der Waals surface area contributed by atoms with Gasteiger partial charge in [-0.1, -0.05) is 41.5 Å². The minimum atomic E-state index is -1.99. The van der Waals surface area contributed by atoms with E-state index in [1.807, 2.05) is 12.1 Å². The molecule has 184 valence electrons. The van der Waals surface area contributed by atoms with Crippen LogP contribution in [-0.2, 0) is 0 Å². The largest absolute Gasteiger partial charge is 0.544 e. The molecule has 0 heterocycles. The average Bonchev–Trinajstić information content (AvgIpc) is 2.61. The van der Waals surface area contributed by atoms with Crippen molar-refractivity contribution in [3.8, 4) is 11.5 Å². The predicted octanol–water partition coefficient (Wildman–Crippen LogP) is 7.72. The summed E-state index contributed by atoms with van der Waals surface area (Å²) in [6, 6.07) is 12.6. The van der Waals surface area contributed by atoms with Crippen molar-refractivity contribution in [1.29, 1.82) is 0 Å². The number of hydrogen-bond donors (Lipinski definition) is 0. The zero-order chi connectivity index (χ0) is 25.7. The van der Waals surface area contributed by atoms with E-state index >= 15 is 0 Å². The van der Waals surface area contributed by atoms with Gasteiger partial charge in [-0.05, 0) is 85.5 Å². The highest BCUT2D eigenvalue weighted by Crippen LogP contribution is 2.36. The molecule has 0 atom stereocenters. The number of carbonyl (C=O) groups is 2. The van der Waals surface area contributed by atoms with Crippen LogP contribution in [0.15, 0.2) is 36.4 Å². The number of ketones is 2. The third-order valence-corrected chi connectivity index (χ3v) is 11.1. The van der Waals surface area contributed by atoms with Gasteiger partial charge in [0, 0.05) is 22.3 Å². The summed E-state index contributed by atoms with van der Waals surface area (Å²) in [5.41, 5.74) is 2.04. The fourth-order valence-electron chi connectivity index (χ4n) is 5.50. The summed E-state index contributed by atoms with van der Waals surface area (Å²) >= 11 is 0. The maximum absolute atomic E-state index is 13.4. The third-order valence-electron chi connectivity index (χ3n) is 5.66. The molecule has 6 heteroatoms. The van der Waals surface area contributed by atoms with Gasteiger partial charge in [0.25, 0.3) is 0 Å². The third kappa shape index (κ3) is 6.48. The number of fused-ring (bicyclic) bond motifs is 2. The predicted molar refractivity (Wildman–Crippen MR) is 144 cm³/mol. The molecule has 1 aliphatic rings. The van der Waals surface area contributed by atoms with Crippen molar-refractivity contribution in [3.05, 3.63) is 58.7 Å². The molecule has 0 unspecified atom stereocenters. The van der Waals surface area contributed by atoms with Crippen LogP contribution in [0.25, 0.3) is 0 Å². The van der Waals surface area contributed by atoms with Gasteiger partial charge in [-0.15, -0.1) is 0 Å². The van der Waals surface area contributed by atoms with Crippen molar-refractivity contribution in [3.63, 3.8) is 0 Å². The molecule has 4 nitrogen and oxygen atoms in total. The molecule has 2 aromatic rings. The number of carbonyl (C=O) groups excluding carboxylic acids is 2. The van der Waals surface area contributed by atoms with E-state index in [1.54, 1.807) is 24.3 Å². The highest BCUT2D eigenvalue weighted by Gasteiger charge is 2.35. The maximum Gasteiger partial charge on any atom is 0.245 e.